The van der Waals surface area contributed by atoms with Gasteiger partial charge in [0, 0.05) is 126 Å². The van der Waals surface area contributed by atoms with Gasteiger partial charge in [0.2, 0.25) is 0 Å². The minimum absolute atomic E-state index is 0.0207. The fourth-order valence-corrected chi connectivity index (χ4v) is 19.8. The van der Waals surface area contributed by atoms with Crippen LogP contribution in [0.2, 0.25) is 0 Å². The molecule has 14 rings (SSSR count). The Morgan fingerprint density at radius 3 is 1.61 bits per heavy atom. The zero-order chi connectivity index (χ0) is 74.5. The van der Waals surface area contributed by atoms with E-state index in [-0.39, 0.29) is 116 Å². The lowest BCUT2D eigenvalue weighted by Crippen LogP contribution is -2.74. The van der Waals surface area contributed by atoms with E-state index in [4.69, 9.17) is 137 Å². The third kappa shape index (κ3) is 17.1. The van der Waals surface area contributed by atoms with Crippen LogP contribution in [0.25, 0.3) is 0 Å². The van der Waals surface area contributed by atoms with Crippen molar-refractivity contribution in [1.82, 2.24) is 5.32 Å². The minimum Gasteiger partial charge on any atom is -0.382 e. The number of rotatable bonds is 24. The summed E-state index contributed by atoms with van der Waals surface area (Å²) < 4.78 is 167. The Bertz CT molecular complexity index is 2840. The largest absolute Gasteiger partial charge is 0.382 e. The molecule has 0 aromatic carbocycles. The normalized spacial score (nSPS) is 47.1. The average molecular weight is 1500 g/mol. The molecule has 101 heavy (non-hydrogen) atoms. The monoisotopic (exact) mass is 1500 g/mol. The number of carbonyl (C=O) groups is 1. The first kappa shape index (κ1) is 84.3. The number of ether oxygens (including phenoxy) is 21. The molecule has 3 N–H and O–H groups in total. The van der Waals surface area contributed by atoms with Gasteiger partial charge in [-0.25, -0.2) is 0 Å². The van der Waals surface area contributed by atoms with E-state index in [0.717, 1.165) is 32.6 Å². The molecule has 1 saturated carbocycles. The molecule has 37 heteroatoms. The van der Waals surface area contributed by atoms with Gasteiger partial charge in [0.05, 0.1) is 119 Å². The zero-order valence-electron chi connectivity index (χ0n) is 62.1. The summed E-state index contributed by atoms with van der Waals surface area (Å²) in [7, 11) is 18.8. The first-order valence-corrected chi connectivity index (χ1v) is 41.2. The summed E-state index contributed by atoms with van der Waals surface area (Å²) in [6.07, 6.45) is 0.0358. The van der Waals surface area contributed by atoms with Crippen molar-refractivity contribution < 1.29 is 141 Å². The molecule has 6 radical (unpaired) electrons. The average Bonchev–Trinajstić information content (AvgIpc) is 1.55. The minimum atomic E-state index is -3.63. The van der Waals surface area contributed by atoms with Crippen molar-refractivity contribution in [1.29, 1.82) is 0 Å². The third-order valence-electron chi connectivity index (χ3n) is 21.4. The number of methoxy groups -OCH3 is 7. The van der Waals surface area contributed by atoms with Crippen LogP contribution in [0.15, 0.2) is 0 Å². The molecule has 30 atom stereocenters. The van der Waals surface area contributed by atoms with E-state index >= 15 is 0 Å². The standard InChI is InChI=1S/C18H31NO7.C10H19O5P.C9H16BO6P.C9H15BO4.C9H13BO2.C9H17O6P/c1-11-8-12(13(25-11)9-21-4)23-7-6-19-16(20)18-10-24-14(15(18)22-5)17(2,3)26-18;1-7-8-9(15-16(3,4)11)10(14-7,5-12-2)6-13-8;1-13-5-9-3-4-14-6(8(10)15-9)7(9)16-17(2,11)12;1-5-9(4-11-2)7(12-3)6(13-5)8(10)14-9;1-3-9-4-8(2)6(9)5(11-8)7(10)12-9;1-6-7-8(15-16(3,10)11)9(14-6,4-12-2)5-13-7/h11-15H,6-10H2,1-5H3,(H,19,20);7-9H,5-6H2,1-4H3;6-8H,3-5H2,1-2H3,(H,11,12);5-8H,4H2,1-3H3;5-7H,3-4H2,1-2H3;6-8H,4-5H2,1-3H3,(H,10,11)/t11-,12?,13+,14-,15?,18-;7-,8+,9?,10-;6-,7?,8+,9+;5?,6-,7?,8+,9-;5-,6?,7+,8?,9-;6-,7-,8+,9?/m000000/s1. The van der Waals surface area contributed by atoms with Gasteiger partial charge in [0.25, 0.3) is 5.91 Å². The smallest absolute Gasteiger partial charge is 0.325 e. The molecule has 576 valence electrons. The van der Waals surface area contributed by atoms with E-state index in [1.165, 1.54) is 7.11 Å². The summed E-state index contributed by atoms with van der Waals surface area (Å²) in [6.45, 7) is 25.6. The molecule has 0 aromatic rings. The van der Waals surface area contributed by atoms with Gasteiger partial charge in [0.1, 0.15) is 113 Å². The first-order chi connectivity index (χ1) is 47.2. The van der Waals surface area contributed by atoms with Crippen molar-refractivity contribution in [3.8, 4) is 0 Å². The quantitative estimate of drug-likeness (QED) is 0.0708. The zero-order valence-corrected chi connectivity index (χ0v) is 64.8. The Morgan fingerprint density at radius 2 is 1.12 bits per heavy atom. The molecule has 0 spiro atoms. The lowest BCUT2D eigenvalue weighted by molar-refractivity contribution is -0.329. The summed E-state index contributed by atoms with van der Waals surface area (Å²) in [5.41, 5.74) is -4.11. The topological polar surface area (TPSA) is 342 Å². The van der Waals surface area contributed by atoms with E-state index in [9.17, 15) is 28.3 Å². The summed E-state index contributed by atoms with van der Waals surface area (Å²) in [6, 6.07) is -1.25. The summed E-state index contributed by atoms with van der Waals surface area (Å²) in [5.74, 6) is 0.357. The summed E-state index contributed by atoms with van der Waals surface area (Å²) in [5, 5.41) is 2.91. The lowest BCUT2D eigenvalue weighted by Gasteiger charge is -2.65. The number of hydrogen-bond acceptors (Lipinski definition) is 28. The molecular weight excluding hydrogens is 1390 g/mol. The van der Waals surface area contributed by atoms with E-state index in [1.807, 2.05) is 41.5 Å². The Labute approximate surface area is 598 Å². The molecule has 14 fully saturated rings. The molecule has 10 bridgehead atoms. The fourth-order valence-electron chi connectivity index (χ4n) is 17.5. The molecule has 0 aromatic heterocycles. The van der Waals surface area contributed by atoms with Crippen LogP contribution in [-0.4, -0.2) is 355 Å². The molecule has 13 saturated heterocycles. The van der Waals surface area contributed by atoms with Crippen molar-refractivity contribution in [2.24, 2.45) is 5.92 Å². The Kier molecular flexibility index (Phi) is 27.3. The van der Waals surface area contributed by atoms with E-state index < -0.39 is 92.6 Å². The van der Waals surface area contributed by atoms with Gasteiger partial charge in [-0.1, -0.05) is 6.92 Å². The van der Waals surface area contributed by atoms with Crippen LogP contribution in [0.4, 0.5) is 0 Å². The van der Waals surface area contributed by atoms with Gasteiger partial charge in [-0.05, 0) is 54.9 Å². The van der Waals surface area contributed by atoms with E-state index in [1.54, 1.807) is 56.0 Å². The first-order valence-electron chi connectivity index (χ1n) is 34.7. The predicted octanol–water partition coefficient (Wildman–Crippen LogP) is 2.20. The second kappa shape index (κ2) is 32.7. The lowest BCUT2D eigenvalue weighted by atomic mass is 9.52. The second-order valence-corrected chi connectivity index (χ2v) is 36.4. The third-order valence-corrected chi connectivity index (χ3v) is 23.4. The van der Waals surface area contributed by atoms with Crippen LogP contribution in [0.3, 0.4) is 0 Å². The highest BCUT2D eigenvalue weighted by atomic mass is 31.2. The maximum absolute atomic E-state index is 12.8. The van der Waals surface area contributed by atoms with Gasteiger partial charge in [-0.2, -0.15) is 0 Å². The number of hydrogen-bond donors (Lipinski definition) is 3. The van der Waals surface area contributed by atoms with Crippen molar-refractivity contribution in [2.45, 2.75) is 248 Å². The van der Waals surface area contributed by atoms with Crippen LogP contribution in [0.1, 0.15) is 81.1 Å². The number of nitrogens with one attached hydrogen (secondary N) is 1. The molecule has 1 aliphatic carbocycles. The van der Waals surface area contributed by atoms with E-state index in [0.29, 0.717) is 71.7 Å². The number of carbonyl (C=O) groups excluding carboxylic acids is 1. The van der Waals surface area contributed by atoms with Crippen molar-refractivity contribution in [3.05, 3.63) is 0 Å². The highest BCUT2D eigenvalue weighted by molar-refractivity contribution is 7.57. The van der Waals surface area contributed by atoms with Gasteiger partial charge >= 0.3 is 15.2 Å². The van der Waals surface area contributed by atoms with Crippen LogP contribution in [0, 0.1) is 5.92 Å². The molecule has 14 aliphatic rings. The van der Waals surface area contributed by atoms with Crippen molar-refractivity contribution in [2.75, 3.05) is 149 Å². The van der Waals surface area contributed by atoms with Gasteiger partial charge in [-0.15, -0.1) is 0 Å². The second-order valence-electron chi connectivity index (χ2n) is 30.0. The maximum Gasteiger partial charge on any atom is 0.325 e. The van der Waals surface area contributed by atoms with E-state index in [2.05, 4.69) is 19.2 Å². The summed E-state index contributed by atoms with van der Waals surface area (Å²) in [4.78, 5) is 31.4. The van der Waals surface area contributed by atoms with Crippen LogP contribution < -0.4 is 5.32 Å². The highest BCUT2D eigenvalue weighted by Gasteiger charge is 2.77. The molecule has 13 heterocycles. The molecule has 13 aliphatic heterocycles. The van der Waals surface area contributed by atoms with Gasteiger partial charge in [-0.3, -0.25) is 27.5 Å². The Balaban J connectivity index is 0.000000144. The number of amides is 1. The fraction of sp³-hybridized carbons (Fsp3) is 0.984. The summed E-state index contributed by atoms with van der Waals surface area (Å²) >= 11 is 0. The Hall–Kier alpha value is -0.685. The molecule has 1 amide bonds. The predicted molar refractivity (Wildman–Crippen MR) is 362 cm³/mol. The van der Waals surface area contributed by atoms with Crippen molar-refractivity contribution in [3.63, 3.8) is 0 Å². The highest BCUT2D eigenvalue weighted by Crippen LogP contribution is 2.68. The van der Waals surface area contributed by atoms with Crippen LogP contribution >= 0.6 is 22.6 Å². The molecular formula is C64H111B3NO30P3. The number of fused-ring (bicyclic) bond motifs is 10. The molecule has 11 unspecified atom stereocenters. The Morgan fingerprint density at radius 1 is 0.584 bits per heavy atom. The van der Waals surface area contributed by atoms with Crippen molar-refractivity contribution >= 4 is 52.0 Å². The SMILES string of the molecule is COCC12CO[C@@H]([C@H](C)O1)[C@H]2OP(C)(=O)O.COC[C@H]1O[C@@H](C)CC1OCCNC(=O)[C@]12CO[C@@H](C1OC)C(C)(C)O2.COC[C@]12CO[C@@H](C1OP(C)(C)=O)[C@H](C)O2.[B][C@@H]1O[C@@]2(CC)CC3(C)O[C@H]1C32.[B][C@@H]1O[C@@]2(COC)C(C)O[C@H]1C2OC.[B][C@@H]1O[C@@]2(COC)CCO[C@H]1C2OP(C)(=O)O. The van der Waals surface area contributed by atoms with Gasteiger partial charge < -0.3 is 119 Å². The van der Waals surface area contributed by atoms with Crippen LogP contribution in [0.5, 0.6) is 0 Å². The van der Waals surface area contributed by atoms with Crippen LogP contribution in [-0.2, 0) is 132 Å². The maximum atomic E-state index is 12.8. The molecule has 31 nitrogen and oxygen atoms in total. The van der Waals surface area contributed by atoms with Gasteiger partial charge in [0.15, 0.2) is 13.0 Å².